The second-order valence-corrected chi connectivity index (χ2v) is 10.5. The third kappa shape index (κ3) is 7.71. The van der Waals surface area contributed by atoms with Crippen LogP contribution in [-0.2, 0) is 26.2 Å². The minimum Gasteiger partial charge on any atom is -0.492 e. The van der Waals surface area contributed by atoms with Gasteiger partial charge in [0.15, 0.2) is 0 Å². The first-order chi connectivity index (χ1) is 16.5. The zero-order valence-corrected chi connectivity index (χ0v) is 22.3. The average molecular weight is 504 g/mol. The molecule has 0 aliphatic rings. The number of hydrogen-bond acceptors (Lipinski definition) is 5. The lowest BCUT2D eigenvalue weighted by Gasteiger charge is -2.32. The molecule has 0 aliphatic carbocycles. The molecular formula is C26H37N3O5S. The van der Waals surface area contributed by atoms with Crippen LogP contribution in [0.5, 0.6) is 5.75 Å². The van der Waals surface area contributed by atoms with Gasteiger partial charge in [0.1, 0.15) is 18.3 Å². The van der Waals surface area contributed by atoms with Crippen molar-refractivity contribution in [2.45, 2.75) is 59.7 Å². The summed E-state index contributed by atoms with van der Waals surface area (Å²) in [4.78, 5) is 28.1. The molecule has 0 bridgehead atoms. The topological polar surface area (TPSA) is 96.0 Å². The Morgan fingerprint density at radius 3 is 2.26 bits per heavy atom. The van der Waals surface area contributed by atoms with E-state index in [9.17, 15) is 18.0 Å². The molecule has 0 saturated carbocycles. The maximum atomic E-state index is 13.7. The molecule has 0 spiro atoms. The smallest absolute Gasteiger partial charge is 0.244 e. The number of sulfonamides is 1. The van der Waals surface area contributed by atoms with Gasteiger partial charge in [-0.2, -0.15) is 0 Å². The molecule has 192 valence electrons. The lowest BCUT2D eigenvalue weighted by Crippen LogP contribution is -2.52. The number of nitrogens with one attached hydrogen (secondary N) is 1. The summed E-state index contributed by atoms with van der Waals surface area (Å²) in [5.74, 6) is -0.417. The molecule has 1 N–H and O–H groups in total. The van der Waals surface area contributed by atoms with Crippen molar-refractivity contribution in [1.82, 2.24) is 10.2 Å². The number of hydrogen-bond donors (Lipinski definition) is 1. The number of ether oxygens (including phenoxy) is 1. The molecule has 0 unspecified atom stereocenters. The Hall–Kier alpha value is -3.07. The Balaban J connectivity index is 2.45. The van der Waals surface area contributed by atoms with Crippen LogP contribution in [0.1, 0.15) is 45.2 Å². The van der Waals surface area contributed by atoms with Crippen molar-refractivity contribution in [1.29, 1.82) is 0 Å². The molecule has 9 heteroatoms. The lowest BCUT2D eigenvalue weighted by molar-refractivity contribution is -0.139. The highest BCUT2D eigenvalue weighted by Gasteiger charge is 2.31. The van der Waals surface area contributed by atoms with Crippen molar-refractivity contribution in [3.05, 3.63) is 59.7 Å². The van der Waals surface area contributed by atoms with Gasteiger partial charge in [0.25, 0.3) is 0 Å². The fourth-order valence-corrected chi connectivity index (χ4v) is 4.41. The number of carbonyl (C=O) groups excluding carboxylic acids is 2. The van der Waals surface area contributed by atoms with Crippen molar-refractivity contribution >= 4 is 27.5 Å². The Kier molecular flexibility index (Phi) is 10.1. The maximum Gasteiger partial charge on any atom is 0.244 e. The van der Waals surface area contributed by atoms with Crippen LogP contribution in [0.15, 0.2) is 48.5 Å². The van der Waals surface area contributed by atoms with E-state index in [1.165, 1.54) is 4.90 Å². The van der Waals surface area contributed by atoms with Crippen LogP contribution in [0.3, 0.4) is 0 Å². The van der Waals surface area contributed by atoms with Crippen molar-refractivity contribution in [3.8, 4) is 5.75 Å². The van der Waals surface area contributed by atoms with Gasteiger partial charge < -0.3 is 15.0 Å². The van der Waals surface area contributed by atoms with E-state index in [2.05, 4.69) is 5.32 Å². The van der Waals surface area contributed by atoms with E-state index >= 15 is 0 Å². The van der Waals surface area contributed by atoms with Crippen molar-refractivity contribution < 1.29 is 22.7 Å². The van der Waals surface area contributed by atoms with Crippen LogP contribution in [0, 0.1) is 6.92 Å². The SMILES string of the molecule is CCOc1ccccc1N(CC(=O)N(Cc1ccccc1C)[C@H](C)C(=O)N[C@@H](C)CC)S(C)(=O)=O. The van der Waals surface area contributed by atoms with Crippen molar-refractivity contribution in [3.63, 3.8) is 0 Å². The van der Waals surface area contributed by atoms with Crippen LogP contribution in [0.4, 0.5) is 5.69 Å². The Morgan fingerprint density at radius 2 is 1.66 bits per heavy atom. The van der Waals surface area contributed by atoms with E-state index in [1.807, 2.05) is 45.0 Å². The second kappa shape index (κ2) is 12.6. The second-order valence-electron chi connectivity index (χ2n) is 8.61. The first-order valence-corrected chi connectivity index (χ1v) is 13.7. The molecule has 2 rings (SSSR count). The molecule has 2 aromatic rings. The summed E-state index contributed by atoms with van der Waals surface area (Å²) in [7, 11) is -3.83. The predicted octanol–water partition coefficient (Wildman–Crippen LogP) is 3.49. The van der Waals surface area contributed by atoms with Crippen molar-refractivity contribution in [2.75, 3.05) is 23.7 Å². The van der Waals surface area contributed by atoms with Gasteiger partial charge >= 0.3 is 0 Å². The van der Waals surface area contributed by atoms with E-state index in [0.717, 1.165) is 28.1 Å². The van der Waals surface area contributed by atoms with Gasteiger partial charge in [-0.25, -0.2) is 8.42 Å². The molecule has 0 saturated heterocycles. The van der Waals surface area contributed by atoms with E-state index in [1.54, 1.807) is 38.1 Å². The number of para-hydroxylation sites is 2. The molecule has 2 atom stereocenters. The fraction of sp³-hybridized carbons (Fsp3) is 0.462. The third-order valence-corrected chi connectivity index (χ3v) is 7.01. The molecule has 0 aromatic heterocycles. The van der Waals surface area contributed by atoms with Gasteiger partial charge in [-0.05, 0) is 57.4 Å². The van der Waals surface area contributed by atoms with Crippen LogP contribution in [0.2, 0.25) is 0 Å². The first kappa shape index (κ1) is 28.2. The minimum absolute atomic E-state index is 0.0500. The molecule has 0 heterocycles. The Bertz CT molecular complexity index is 1120. The molecule has 2 amide bonds. The molecule has 0 aliphatic heterocycles. The fourth-order valence-electron chi connectivity index (χ4n) is 3.55. The monoisotopic (exact) mass is 503 g/mol. The van der Waals surface area contributed by atoms with Gasteiger partial charge in [0, 0.05) is 12.6 Å². The van der Waals surface area contributed by atoms with Crippen LogP contribution >= 0.6 is 0 Å². The summed E-state index contributed by atoms with van der Waals surface area (Å²) >= 11 is 0. The summed E-state index contributed by atoms with van der Waals surface area (Å²) in [6.07, 6.45) is 1.80. The normalized spacial score (nSPS) is 13.0. The van der Waals surface area contributed by atoms with Gasteiger partial charge in [-0.3, -0.25) is 13.9 Å². The minimum atomic E-state index is -3.83. The summed E-state index contributed by atoms with van der Waals surface area (Å²) in [6.45, 7) is 9.31. The molecule has 0 fully saturated rings. The van der Waals surface area contributed by atoms with Crippen LogP contribution in [0.25, 0.3) is 0 Å². The van der Waals surface area contributed by atoms with Crippen LogP contribution < -0.4 is 14.4 Å². The van der Waals surface area contributed by atoms with Gasteiger partial charge in [0.05, 0.1) is 18.6 Å². The number of carbonyl (C=O) groups is 2. The summed E-state index contributed by atoms with van der Waals surface area (Å²) < 4.78 is 32.2. The first-order valence-electron chi connectivity index (χ1n) is 11.8. The number of rotatable bonds is 12. The molecule has 2 aromatic carbocycles. The number of amides is 2. The Morgan fingerprint density at radius 1 is 1.03 bits per heavy atom. The van der Waals surface area contributed by atoms with Crippen molar-refractivity contribution in [2.24, 2.45) is 0 Å². The third-order valence-electron chi connectivity index (χ3n) is 5.88. The standard InChI is InChI=1S/C26H37N3O5S/c1-7-20(4)27-26(31)21(5)28(17-22-14-10-9-13-19(22)3)25(30)18-29(35(6,32)33)23-15-11-12-16-24(23)34-8-2/h9-16,20-21H,7-8,17-18H2,1-6H3,(H,27,31)/t20-,21+/m0/s1. The average Bonchev–Trinajstić information content (AvgIpc) is 2.81. The zero-order chi connectivity index (χ0) is 26.2. The molecule has 0 radical (unpaired) electrons. The highest BCUT2D eigenvalue weighted by atomic mass is 32.2. The van der Waals surface area contributed by atoms with Gasteiger partial charge in [0.2, 0.25) is 21.8 Å². The van der Waals surface area contributed by atoms with Gasteiger partial charge in [-0.1, -0.05) is 43.3 Å². The largest absolute Gasteiger partial charge is 0.492 e. The summed E-state index contributed by atoms with van der Waals surface area (Å²) in [5, 5.41) is 2.92. The molecular weight excluding hydrogens is 466 g/mol. The van der Waals surface area contributed by atoms with E-state index in [-0.39, 0.29) is 24.2 Å². The summed E-state index contributed by atoms with van der Waals surface area (Å²) in [6, 6.07) is 13.4. The number of benzene rings is 2. The number of nitrogens with zero attached hydrogens (tertiary/aromatic N) is 2. The van der Waals surface area contributed by atoms with Crippen LogP contribution in [-0.4, -0.2) is 56.6 Å². The lowest BCUT2D eigenvalue weighted by atomic mass is 10.1. The van der Waals surface area contributed by atoms with E-state index < -0.39 is 28.5 Å². The number of anilines is 1. The zero-order valence-electron chi connectivity index (χ0n) is 21.4. The predicted molar refractivity (Wildman–Crippen MR) is 139 cm³/mol. The summed E-state index contributed by atoms with van der Waals surface area (Å²) in [5.41, 5.74) is 2.13. The molecule has 35 heavy (non-hydrogen) atoms. The van der Waals surface area contributed by atoms with E-state index in [0.29, 0.717) is 12.4 Å². The highest BCUT2D eigenvalue weighted by molar-refractivity contribution is 7.92. The number of aryl methyl sites for hydroxylation is 1. The van der Waals surface area contributed by atoms with E-state index in [4.69, 9.17) is 4.74 Å². The maximum absolute atomic E-state index is 13.7. The quantitative estimate of drug-likeness (QED) is 0.478. The molecule has 8 nitrogen and oxygen atoms in total. The Labute approximate surface area is 209 Å². The highest BCUT2D eigenvalue weighted by Crippen LogP contribution is 2.30. The van der Waals surface area contributed by atoms with Gasteiger partial charge in [-0.15, -0.1) is 0 Å².